The van der Waals surface area contributed by atoms with Crippen LogP contribution in [0.25, 0.3) is 5.65 Å². The lowest BCUT2D eigenvalue weighted by Crippen LogP contribution is -2.41. The molecule has 4 rings (SSSR count). The standard InChI is InChI=1S/C18H18ClF3N6O/c19-13-3-1-12(2-4-13)14(27-7-9-29-10-8-27)11-23-15-5-6-16-24-25-17(18(20,21)22)28(16)26-15/h1-6,14H,7-11H2,(H,23,26). The molecular weight excluding hydrogens is 409 g/mol. The van der Waals surface area contributed by atoms with Crippen LogP contribution in [0.4, 0.5) is 19.0 Å². The van der Waals surface area contributed by atoms with Crippen molar-refractivity contribution in [3.05, 3.63) is 52.8 Å². The van der Waals surface area contributed by atoms with Crippen LogP contribution in [-0.4, -0.2) is 57.6 Å². The molecule has 1 aliphatic heterocycles. The van der Waals surface area contributed by atoms with Crippen LogP contribution in [0.1, 0.15) is 17.4 Å². The molecule has 1 aromatic carbocycles. The van der Waals surface area contributed by atoms with E-state index in [-0.39, 0.29) is 11.7 Å². The number of aromatic nitrogens is 4. The number of fused-ring (bicyclic) bond motifs is 1. The number of anilines is 1. The first-order valence-electron chi connectivity index (χ1n) is 9.02. The Morgan fingerprint density at radius 2 is 1.79 bits per heavy atom. The first-order chi connectivity index (χ1) is 13.9. The van der Waals surface area contributed by atoms with E-state index in [0.717, 1.165) is 18.7 Å². The van der Waals surface area contributed by atoms with Crippen LogP contribution in [0.2, 0.25) is 5.02 Å². The number of hydrogen-bond donors (Lipinski definition) is 1. The van der Waals surface area contributed by atoms with Gasteiger partial charge in [-0.15, -0.1) is 15.3 Å². The van der Waals surface area contributed by atoms with Crippen molar-refractivity contribution in [1.29, 1.82) is 0 Å². The third-order valence-electron chi connectivity index (χ3n) is 4.73. The van der Waals surface area contributed by atoms with E-state index in [1.807, 2.05) is 24.3 Å². The summed E-state index contributed by atoms with van der Waals surface area (Å²) in [5.74, 6) is -0.853. The van der Waals surface area contributed by atoms with E-state index in [2.05, 4.69) is 25.5 Å². The molecule has 0 amide bonds. The van der Waals surface area contributed by atoms with Gasteiger partial charge in [-0.2, -0.15) is 17.7 Å². The van der Waals surface area contributed by atoms with Crippen molar-refractivity contribution in [3.63, 3.8) is 0 Å². The maximum Gasteiger partial charge on any atom is 0.453 e. The molecule has 0 bridgehead atoms. The van der Waals surface area contributed by atoms with Gasteiger partial charge >= 0.3 is 6.18 Å². The first kappa shape index (κ1) is 19.9. The van der Waals surface area contributed by atoms with Gasteiger partial charge in [0, 0.05) is 24.7 Å². The largest absolute Gasteiger partial charge is 0.453 e. The Labute approximate surface area is 169 Å². The Hall–Kier alpha value is -2.43. The zero-order valence-corrected chi connectivity index (χ0v) is 16.0. The topological polar surface area (TPSA) is 67.6 Å². The van der Waals surface area contributed by atoms with E-state index in [9.17, 15) is 13.2 Å². The summed E-state index contributed by atoms with van der Waals surface area (Å²) < 4.78 is 45.4. The molecule has 0 aliphatic carbocycles. The number of alkyl halides is 3. The molecule has 0 radical (unpaired) electrons. The Morgan fingerprint density at radius 1 is 1.07 bits per heavy atom. The second kappa shape index (κ2) is 8.13. The quantitative estimate of drug-likeness (QED) is 0.675. The fraction of sp³-hybridized carbons (Fsp3) is 0.389. The number of ether oxygens (including phenoxy) is 1. The van der Waals surface area contributed by atoms with Crippen molar-refractivity contribution in [3.8, 4) is 0 Å². The summed E-state index contributed by atoms with van der Waals surface area (Å²) in [6, 6.07) is 10.6. The van der Waals surface area contributed by atoms with E-state index < -0.39 is 12.0 Å². The predicted molar refractivity (Wildman–Crippen MR) is 101 cm³/mol. The molecule has 1 atom stereocenters. The number of hydrogen-bond acceptors (Lipinski definition) is 6. The van der Waals surface area contributed by atoms with Crippen molar-refractivity contribution in [2.24, 2.45) is 0 Å². The Kier molecular flexibility index (Phi) is 5.57. The number of nitrogens with zero attached hydrogens (tertiary/aromatic N) is 5. The van der Waals surface area contributed by atoms with Crippen LogP contribution in [0.5, 0.6) is 0 Å². The van der Waals surface area contributed by atoms with Gasteiger partial charge in [0.15, 0.2) is 5.65 Å². The highest BCUT2D eigenvalue weighted by Crippen LogP contribution is 2.28. The van der Waals surface area contributed by atoms with Crippen molar-refractivity contribution in [2.75, 3.05) is 38.2 Å². The van der Waals surface area contributed by atoms with Crippen LogP contribution >= 0.6 is 11.6 Å². The maximum atomic E-state index is 13.1. The number of nitrogens with one attached hydrogen (secondary N) is 1. The Morgan fingerprint density at radius 3 is 2.48 bits per heavy atom. The average molecular weight is 427 g/mol. The molecule has 3 heterocycles. The van der Waals surface area contributed by atoms with Crippen LogP contribution in [-0.2, 0) is 10.9 Å². The van der Waals surface area contributed by atoms with E-state index in [4.69, 9.17) is 16.3 Å². The molecule has 2 aromatic heterocycles. The molecule has 3 aromatic rings. The summed E-state index contributed by atoms with van der Waals surface area (Å²) in [6.07, 6.45) is -4.63. The highest BCUT2D eigenvalue weighted by molar-refractivity contribution is 6.30. The number of rotatable bonds is 5. The van der Waals surface area contributed by atoms with Crippen molar-refractivity contribution >= 4 is 23.1 Å². The molecule has 1 fully saturated rings. The zero-order valence-electron chi connectivity index (χ0n) is 15.2. The van der Waals surface area contributed by atoms with E-state index in [1.165, 1.54) is 6.07 Å². The van der Waals surface area contributed by atoms with Crippen LogP contribution in [0.15, 0.2) is 36.4 Å². The number of halogens is 4. The van der Waals surface area contributed by atoms with Gasteiger partial charge in [-0.3, -0.25) is 4.90 Å². The summed E-state index contributed by atoms with van der Waals surface area (Å²) in [6.45, 7) is 3.22. The highest BCUT2D eigenvalue weighted by Gasteiger charge is 2.37. The van der Waals surface area contributed by atoms with Crippen molar-refractivity contribution in [2.45, 2.75) is 12.2 Å². The third kappa shape index (κ3) is 4.44. The molecule has 1 unspecified atom stereocenters. The molecule has 154 valence electrons. The summed E-state index contributed by atoms with van der Waals surface area (Å²) >= 11 is 6.01. The SMILES string of the molecule is FC(F)(F)c1nnc2ccc(NCC(c3ccc(Cl)cc3)N3CCOCC3)nn12. The molecule has 7 nitrogen and oxygen atoms in total. The molecule has 0 spiro atoms. The molecule has 29 heavy (non-hydrogen) atoms. The highest BCUT2D eigenvalue weighted by atomic mass is 35.5. The van der Waals surface area contributed by atoms with Gasteiger partial charge in [-0.05, 0) is 29.8 Å². The fourth-order valence-electron chi connectivity index (χ4n) is 3.29. The molecule has 0 saturated carbocycles. The smallest absolute Gasteiger partial charge is 0.379 e. The van der Waals surface area contributed by atoms with Crippen LogP contribution in [0.3, 0.4) is 0 Å². The lowest BCUT2D eigenvalue weighted by atomic mass is 10.0. The van der Waals surface area contributed by atoms with E-state index in [0.29, 0.717) is 35.1 Å². The fourth-order valence-corrected chi connectivity index (χ4v) is 3.42. The number of morpholine rings is 1. The normalized spacial score (nSPS) is 16.8. The maximum absolute atomic E-state index is 13.1. The summed E-state index contributed by atoms with van der Waals surface area (Å²) in [5, 5.41) is 14.5. The molecule has 11 heteroatoms. The van der Waals surface area contributed by atoms with Gasteiger partial charge in [0.1, 0.15) is 5.82 Å². The minimum Gasteiger partial charge on any atom is -0.379 e. The van der Waals surface area contributed by atoms with Gasteiger partial charge in [0.2, 0.25) is 0 Å². The minimum absolute atomic E-state index is 0.0170. The van der Waals surface area contributed by atoms with Gasteiger partial charge < -0.3 is 10.1 Å². The van der Waals surface area contributed by atoms with Gasteiger partial charge in [-0.25, -0.2) is 0 Å². The molecule has 1 aliphatic rings. The summed E-state index contributed by atoms with van der Waals surface area (Å²) in [5.41, 5.74) is 1.08. The molecular formula is C18H18ClF3N6O. The van der Waals surface area contributed by atoms with Gasteiger partial charge in [0.25, 0.3) is 5.82 Å². The summed E-state index contributed by atoms with van der Waals surface area (Å²) in [7, 11) is 0. The van der Waals surface area contributed by atoms with Gasteiger partial charge in [-0.1, -0.05) is 23.7 Å². The van der Waals surface area contributed by atoms with Crippen LogP contribution < -0.4 is 5.32 Å². The summed E-state index contributed by atoms with van der Waals surface area (Å²) in [4.78, 5) is 2.26. The van der Waals surface area contributed by atoms with Gasteiger partial charge in [0.05, 0.1) is 19.3 Å². The monoisotopic (exact) mass is 426 g/mol. The Bertz CT molecular complexity index is 972. The molecule has 1 N–H and O–H groups in total. The van der Waals surface area contributed by atoms with E-state index >= 15 is 0 Å². The van der Waals surface area contributed by atoms with Crippen molar-refractivity contribution < 1.29 is 17.9 Å². The van der Waals surface area contributed by atoms with Crippen LogP contribution in [0, 0.1) is 0 Å². The first-order valence-corrected chi connectivity index (χ1v) is 9.40. The number of benzene rings is 1. The Balaban J connectivity index is 1.57. The predicted octanol–water partition coefficient (Wildman–Crippen LogP) is 3.28. The second-order valence-electron chi connectivity index (χ2n) is 6.61. The molecule has 1 saturated heterocycles. The zero-order chi connectivity index (χ0) is 20.4. The second-order valence-corrected chi connectivity index (χ2v) is 7.04. The van der Waals surface area contributed by atoms with E-state index in [1.54, 1.807) is 6.07 Å². The lowest BCUT2D eigenvalue weighted by Gasteiger charge is -2.35. The minimum atomic E-state index is -4.63. The van der Waals surface area contributed by atoms with Crippen molar-refractivity contribution in [1.82, 2.24) is 24.7 Å². The lowest BCUT2D eigenvalue weighted by molar-refractivity contribution is -0.146. The average Bonchev–Trinajstić information content (AvgIpc) is 3.14. The third-order valence-corrected chi connectivity index (χ3v) is 4.99.